The maximum atomic E-state index is 12.0. The van der Waals surface area contributed by atoms with Crippen LogP contribution in [0.15, 0.2) is 12.3 Å². The molecule has 0 fully saturated rings. The molecule has 0 aliphatic heterocycles. The van der Waals surface area contributed by atoms with Crippen LogP contribution in [0.25, 0.3) is 0 Å². The molecule has 6 heteroatoms. The molecular weight excluding hydrogens is 280 g/mol. The zero-order valence-electron chi connectivity index (χ0n) is 12.3. The van der Waals surface area contributed by atoms with Crippen LogP contribution in [0.4, 0.5) is 4.79 Å². The Balaban J connectivity index is 2.97. The highest BCUT2D eigenvalue weighted by molar-refractivity contribution is 6.30. The molecule has 0 aromatic carbocycles. The number of carbonyl (C=O) groups excluding carboxylic acids is 2. The summed E-state index contributed by atoms with van der Waals surface area (Å²) in [6.45, 7) is 7.09. The largest absolute Gasteiger partial charge is 0.444 e. The van der Waals surface area contributed by atoms with Gasteiger partial charge in [0.25, 0.3) is 0 Å². The maximum Gasteiger partial charge on any atom is 0.410 e. The van der Waals surface area contributed by atoms with Gasteiger partial charge in [-0.1, -0.05) is 11.6 Å². The number of likely N-dealkylation sites (N-methyl/N-ethyl adjacent to an activating group) is 1. The maximum absolute atomic E-state index is 12.0. The number of hydrogen-bond acceptors (Lipinski definition) is 4. The molecule has 0 bridgehead atoms. The van der Waals surface area contributed by atoms with E-state index in [1.807, 2.05) is 0 Å². The molecular formula is C14H19ClN2O3. The highest BCUT2D eigenvalue weighted by Gasteiger charge is 2.26. The van der Waals surface area contributed by atoms with Gasteiger partial charge in [0.2, 0.25) is 0 Å². The summed E-state index contributed by atoms with van der Waals surface area (Å²) in [6, 6.07) is 0.975. The first-order valence-corrected chi connectivity index (χ1v) is 6.56. The summed E-state index contributed by atoms with van der Waals surface area (Å²) in [7, 11) is 1.51. The molecule has 0 spiro atoms. The van der Waals surface area contributed by atoms with E-state index in [1.54, 1.807) is 33.8 Å². The molecule has 1 aromatic rings. The molecule has 1 heterocycles. The number of ether oxygens (including phenoxy) is 1. The van der Waals surface area contributed by atoms with E-state index in [0.29, 0.717) is 17.0 Å². The standard InChI is InChI=1S/C14H19ClN2O3/c1-9-6-10(7-16-12(9)15)11(8-18)17(5)13(19)20-14(2,3)4/h6-8,11H,1-5H3. The van der Waals surface area contributed by atoms with Crippen LogP contribution in [0.2, 0.25) is 5.15 Å². The van der Waals surface area contributed by atoms with Crippen molar-refractivity contribution in [2.75, 3.05) is 7.05 Å². The van der Waals surface area contributed by atoms with Crippen LogP contribution in [0.1, 0.15) is 37.9 Å². The Morgan fingerprint density at radius 1 is 1.50 bits per heavy atom. The average molecular weight is 299 g/mol. The first kappa shape index (κ1) is 16.4. The highest BCUT2D eigenvalue weighted by Crippen LogP contribution is 2.22. The van der Waals surface area contributed by atoms with Gasteiger partial charge in [-0.3, -0.25) is 4.90 Å². The third-order valence-corrected chi connectivity index (χ3v) is 3.00. The first-order valence-electron chi connectivity index (χ1n) is 6.19. The number of pyridine rings is 1. The minimum atomic E-state index is -0.756. The minimum Gasteiger partial charge on any atom is -0.444 e. The fourth-order valence-corrected chi connectivity index (χ4v) is 1.69. The molecule has 1 rings (SSSR count). The topological polar surface area (TPSA) is 59.5 Å². The molecule has 0 saturated heterocycles. The van der Waals surface area contributed by atoms with Crippen LogP contribution < -0.4 is 0 Å². The number of aryl methyl sites for hydroxylation is 1. The van der Waals surface area contributed by atoms with Gasteiger partial charge in [0.1, 0.15) is 23.1 Å². The molecule has 0 saturated carbocycles. The number of halogens is 1. The number of hydrogen-bond donors (Lipinski definition) is 0. The van der Waals surface area contributed by atoms with Gasteiger partial charge in [-0.25, -0.2) is 9.78 Å². The van der Waals surface area contributed by atoms with Gasteiger partial charge in [-0.05, 0) is 39.3 Å². The van der Waals surface area contributed by atoms with Gasteiger partial charge in [0.15, 0.2) is 0 Å². The number of aldehydes is 1. The summed E-state index contributed by atoms with van der Waals surface area (Å²) < 4.78 is 5.24. The highest BCUT2D eigenvalue weighted by atomic mass is 35.5. The van der Waals surface area contributed by atoms with Crippen molar-refractivity contribution in [3.8, 4) is 0 Å². The number of aromatic nitrogens is 1. The van der Waals surface area contributed by atoms with E-state index in [2.05, 4.69) is 4.98 Å². The van der Waals surface area contributed by atoms with Crippen LogP contribution in [0.3, 0.4) is 0 Å². The zero-order valence-corrected chi connectivity index (χ0v) is 13.1. The van der Waals surface area contributed by atoms with Crippen LogP contribution in [0, 0.1) is 6.92 Å². The van der Waals surface area contributed by atoms with Crippen molar-refractivity contribution in [1.29, 1.82) is 0 Å². The summed E-state index contributed by atoms with van der Waals surface area (Å²) in [6.07, 6.45) is 1.59. The smallest absolute Gasteiger partial charge is 0.410 e. The van der Waals surface area contributed by atoms with Gasteiger partial charge >= 0.3 is 6.09 Å². The second kappa shape index (κ2) is 6.22. The van der Waals surface area contributed by atoms with E-state index in [4.69, 9.17) is 16.3 Å². The molecule has 20 heavy (non-hydrogen) atoms. The van der Waals surface area contributed by atoms with E-state index in [-0.39, 0.29) is 0 Å². The van der Waals surface area contributed by atoms with Crippen molar-refractivity contribution >= 4 is 24.0 Å². The summed E-state index contributed by atoms with van der Waals surface area (Å²) >= 11 is 5.85. The molecule has 110 valence electrons. The minimum absolute atomic E-state index is 0.373. The summed E-state index contributed by atoms with van der Waals surface area (Å²) in [5.74, 6) is 0. The van der Waals surface area contributed by atoms with Gasteiger partial charge in [-0.15, -0.1) is 0 Å². The lowest BCUT2D eigenvalue weighted by Gasteiger charge is -2.28. The van der Waals surface area contributed by atoms with Gasteiger partial charge in [0.05, 0.1) is 0 Å². The van der Waals surface area contributed by atoms with Gasteiger partial charge < -0.3 is 9.53 Å². The fraction of sp³-hybridized carbons (Fsp3) is 0.500. The van der Waals surface area contributed by atoms with Gasteiger partial charge in [0, 0.05) is 18.8 Å². The van der Waals surface area contributed by atoms with Crippen molar-refractivity contribution in [2.45, 2.75) is 39.3 Å². The lowest BCUT2D eigenvalue weighted by Crippen LogP contribution is -2.37. The third-order valence-electron chi connectivity index (χ3n) is 2.60. The Morgan fingerprint density at radius 2 is 2.10 bits per heavy atom. The van der Waals surface area contributed by atoms with Crippen LogP contribution in [-0.4, -0.2) is 34.9 Å². The number of amides is 1. The first-order chi connectivity index (χ1) is 9.15. The predicted molar refractivity (Wildman–Crippen MR) is 76.8 cm³/mol. The molecule has 0 aliphatic carbocycles. The fourth-order valence-electron chi connectivity index (χ4n) is 1.58. The third kappa shape index (κ3) is 4.20. The van der Waals surface area contributed by atoms with Crippen molar-refractivity contribution < 1.29 is 14.3 Å². The van der Waals surface area contributed by atoms with Crippen molar-refractivity contribution in [3.63, 3.8) is 0 Å². The molecule has 1 atom stereocenters. The van der Waals surface area contributed by atoms with E-state index in [0.717, 1.165) is 5.56 Å². The normalized spacial score (nSPS) is 12.7. The Hall–Kier alpha value is -1.62. The predicted octanol–water partition coefficient (Wildman–Crippen LogP) is 3.15. The Kier molecular flexibility index (Phi) is 5.11. The van der Waals surface area contributed by atoms with Crippen molar-refractivity contribution in [2.24, 2.45) is 0 Å². The average Bonchev–Trinajstić information content (AvgIpc) is 2.32. The Morgan fingerprint density at radius 3 is 2.55 bits per heavy atom. The van der Waals surface area contributed by atoms with Gasteiger partial charge in [-0.2, -0.15) is 0 Å². The monoisotopic (exact) mass is 298 g/mol. The van der Waals surface area contributed by atoms with E-state index in [1.165, 1.54) is 18.1 Å². The molecule has 1 unspecified atom stereocenters. The second-order valence-electron chi connectivity index (χ2n) is 5.55. The molecule has 0 radical (unpaired) electrons. The molecule has 0 aliphatic rings. The molecule has 0 N–H and O–H groups in total. The summed E-state index contributed by atoms with van der Waals surface area (Å²) in [5, 5.41) is 0.373. The van der Waals surface area contributed by atoms with E-state index < -0.39 is 17.7 Å². The Bertz CT molecular complexity index is 512. The van der Waals surface area contributed by atoms with Crippen LogP contribution >= 0.6 is 11.6 Å². The molecule has 1 aromatic heterocycles. The zero-order chi connectivity index (χ0) is 15.5. The summed E-state index contributed by atoms with van der Waals surface area (Å²) in [5.41, 5.74) is 0.719. The SMILES string of the molecule is Cc1cc(C(C=O)N(C)C(=O)OC(C)(C)C)cnc1Cl. The van der Waals surface area contributed by atoms with Crippen molar-refractivity contribution in [1.82, 2.24) is 9.88 Å². The van der Waals surface area contributed by atoms with E-state index in [9.17, 15) is 9.59 Å². The number of rotatable bonds is 3. The van der Waals surface area contributed by atoms with E-state index >= 15 is 0 Å². The lowest BCUT2D eigenvalue weighted by atomic mass is 10.1. The summed E-state index contributed by atoms with van der Waals surface area (Å²) in [4.78, 5) is 28.5. The number of nitrogens with zero attached hydrogens (tertiary/aromatic N) is 2. The van der Waals surface area contributed by atoms with Crippen LogP contribution in [0.5, 0.6) is 0 Å². The Labute approximate surface area is 123 Å². The van der Waals surface area contributed by atoms with Crippen LogP contribution in [-0.2, 0) is 9.53 Å². The van der Waals surface area contributed by atoms with Crippen molar-refractivity contribution in [3.05, 3.63) is 28.5 Å². The second-order valence-corrected chi connectivity index (χ2v) is 5.91. The molecule has 5 nitrogen and oxygen atoms in total. The molecule has 1 amide bonds. The number of carbonyl (C=O) groups is 2. The lowest BCUT2D eigenvalue weighted by molar-refractivity contribution is -0.112. The quantitative estimate of drug-likeness (QED) is 0.635.